The second-order valence-electron chi connectivity index (χ2n) is 4.11. The van der Waals surface area contributed by atoms with E-state index in [1.165, 1.54) is 0 Å². The summed E-state index contributed by atoms with van der Waals surface area (Å²) < 4.78 is 0. The summed E-state index contributed by atoms with van der Waals surface area (Å²) in [6, 6.07) is 3.90. The number of rotatable bonds is 2. The van der Waals surface area contributed by atoms with Gasteiger partial charge in [0.1, 0.15) is 0 Å². The van der Waals surface area contributed by atoms with Gasteiger partial charge in [-0.1, -0.05) is 6.07 Å². The number of aryl methyl sites for hydroxylation is 1. The van der Waals surface area contributed by atoms with Crippen LogP contribution in [0.1, 0.15) is 17.7 Å². The van der Waals surface area contributed by atoms with E-state index in [9.17, 15) is 4.79 Å². The molecule has 82 valence electrons. The summed E-state index contributed by atoms with van der Waals surface area (Å²) in [7, 11) is 0. The molecule has 1 amide bonds. The van der Waals surface area contributed by atoms with Crippen LogP contribution in [-0.4, -0.2) is 22.3 Å². The fraction of sp³-hybridized carbons (Fsp3) is 0.385. The Kier molecular flexibility index (Phi) is 2.91. The summed E-state index contributed by atoms with van der Waals surface area (Å²) in [6.45, 7) is 3.23. The van der Waals surface area contributed by atoms with Gasteiger partial charge in [-0.05, 0) is 18.6 Å². The van der Waals surface area contributed by atoms with Crippen LogP contribution in [0.15, 0.2) is 18.3 Å². The Morgan fingerprint density at radius 3 is 3.12 bits per heavy atom. The molecule has 16 heavy (non-hydrogen) atoms. The van der Waals surface area contributed by atoms with Gasteiger partial charge in [0, 0.05) is 25.1 Å². The lowest BCUT2D eigenvalue weighted by atomic mass is 10.1. The SMILES string of the molecule is C#CC1CC(=O)N(Cc2ncccc2C)C1. The molecular weight excluding hydrogens is 200 g/mol. The van der Waals surface area contributed by atoms with Gasteiger partial charge >= 0.3 is 0 Å². The largest absolute Gasteiger partial charge is 0.335 e. The van der Waals surface area contributed by atoms with E-state index in [0.717, 1.165) is 11.3 Å². The third kappa shape index (κ3) is 2.06. The average Bonchev–Trinajstić information content (AvgIpc) is 2.63. The maximum atomic E-state index is 11.7. The molecule has 0 aliphatic carbocycles. The first-order chi connectivity index (χ1) is 7.70. The molecular formula is C13H14N2O. The van der Waals surface area contributed by atoms with Gasteiger partial charge in [0.05, 0.1) is 12.2 Å². The number of hydrogen-bond acceptors (Lipinski definition) is 2. The van der Waals surface area contributed by atoms with Crippen molar-refractivity contribution >= 4 is 5.91 Å². The van der Waals surface area contributed by atoms with Crippen molar-refractivity contribution in [1.82, 2.24) is 9.88 Å². The lowest BCUT2D eigenvalue weighted by molar-refractivity contribution is -0.128. The van der Waals surface area contributed by atoms with Gasteiger partial charge in [-0.15, -0.1) is 12.3 Å². The Morgan fingerprint density at radius 2 is 2.50 bits per heavy atom. The molecule has 0 spiro atoms. The lowest BCUT2D eigenvalue weighted by Crippen LogP contribution is -2.25. The number of amides is 1. The van der Waals surface area contributed by atoms with Gasteiger partial charge in [-0.2, -0.15) is 0 Å². The maximum Gasteiger partial charge on any atom is 0.224 e. The standard InChI is InChI=1S/C13H14N2O/c1-3-11-7-13(16)15(8-11)9-12-10(2)5-4-6-14-12/h1,4-6,11H,7-9H2,2H3. The number of carbonyl (C=O) groups excluding carboxylic acids is 1. The zero-order valence-electron chi connectivity index (χ0n) is 9.31. The topological polar surface area (TPSA) is 33.2 Å². The number of carbonyl (C=O) groups is 1. The minimum Gasteiger partial charge on any atom is -0.335 e. The Labute approximate surface area is 95.5 Å². The molecule has 0 radical (unpaired) electrons. The highest BCUT2D eigenvalue weighted by atomic mass is 16.2. The third-order valence-electron chi connectivity index (χ3n) is 2.91. The van der Waals surface area contributed by atoms with Gasteiger partial charge in [-0.25, -0.2) is 0 Å². The van der Waals surface area contributed by atoms with Crippen molar-refractivity contribution in [2.24, 2.45) is 5.92 Å². The van der Waals surface area contributed by atoms with E-state index in [1.54, 1.807) is 11.1 Å². The smallest absolute Gasteiger partial charge is 0.224 e. The Hall–Kier alpha value is -1.82. The molecule has 3 heteroatoms. The zero-order chi connectivity index (χ0) is 11.5. The highest BCUT2D eigenvalue weighted by Crippen LogP contribution is 2.19. The molecule has 0 N–H and O–H groups in total. The number of pyridine rings is 1. The molecule has 2 rings (SSSR count). The molecule has 0 saturated carbocycles. The molecule has 1 aliphatic heterocycles. The van der Waals surface area contributed by atoms with Crippen molar-refractivity contribution in [3.05, 3.63) is 29.6 Å². The summed E-state index contributed by atoms with van der Waals surface area (Å²) in [6.07, 6.45) is 7.56. The van der Waals surface area contributed by atoms with Gasteiger partial charge in [-0.3, -0.25) is 9.78 Å². The fourth-order valence-corrected chi connectivity index (χ4v) is 1.90. The number of terminal acetylenes is 1. The van der Waals surface area contributed by atoms with E-state index in [-0.39, 0.29) is 11.8 Å². The van der Waals surface area contributed by atoms with E-state index in [1.807, 2.05) is 19.1 Å². The van der Waals surface area contributed by atoms with E-state index in [2.05, 4.69) is 10.9 Å². The molecule has 3 nitrogen and oxygen atoms in total. The molecule has 1 fully saturated rings. The van der Waals surface area contributed by atoms with Crippen molar-refractivity contribution in [3.63, 3.8) is 0 Å². The van der Waals surface area contributed by atoms with E-state index < -0.39 is 0 Å². The van der Waals surface area contributed by atoms with Gasteiger partial charge in [0.15, 0.2) is 0 Å². The molecule has 1 aromatic rings. The van der Waals surface area contributed by atoms with Crippen molar-refractivity contribution < 1.29 is 4.79 Å². The highest BCUT2D eigenvalue weighted by molar-refractivity contribution is 5.79. The number of nitrogens with zero attached hydrogens (tertiary/aromatic N) is 2. The normalized spacial score (nSPS) is 19.9. The number of hydrogen-bond donors (Lipinski definition) is 0. The molecule has 0 bridgehead atoms. The molecule has 1 atom stereocenters. The summed E-state index contributed by atoms with van der Waals surface area (Å²) in [5.41, 5.74) is 2.06. The first kappa shape index (κ1) is 10.7. The summed E-state index contributed by atoms with van der Waals surface area (Å²) in [4.78, 5) is 17.7. The van der Waals surface area contributed by atoms with Crippen LogP contribution in [0, 0.1) is 25.2 Å². The quantitative estimate of drug-likeness (QED) is 0.697. The first-order valence-corrected chi connectivity index (χ1v) is 5.35. The Morgan fingerprint density at radius 1 is 1.69 bits per heavy atom. The third-order valence-corrected chi connectivity index (χ3v) is 2.91. The van der Waals surface area contributed by atoms with Crippen LogP contribution < -0.4 is 0 Å². The minimum atomic E-state index is 0.0662. The van der Waals surface area contributed by atoms with Crippen molar-refractivity contribution in [1.29, 1.82) is 0 Å². The summed E-state index contributed by atoms with van der Waals surface area (Å²) >= 11 is 0. The highest BCUT2D eigenvalue weighted by Gasteiger charge is 2.28. The molecule has 1 aliphatic rings. The number of likely N-dealkylation sites (tertiary alicyclic amines) is 1. The fourth-order valence-electron chi connectivity index (χ4n) is 1.90. The molecule has 0 aromatic carbocycles. The Balaban J connectivity index is 2.09. The van der Waals surface area contributed by atoms with Crippen LogP contribution in [-0.2, 0) is 11.3 Å². The zero-order valence-corrected chi connectivity index (χ0v) is 9.31. The van der Waals surface area contributed by atoms with Crippen LogP contribution >= 0.6 is 0 Å². The van der Waals surface area contributed by atoms with Crippen LogP contribution in [0.3, 0.4) is 0 Å². The predicted molar refractivity (Wildman–Crippen MR) is 61.3 cm³/mol. The second-order valence-corrected chi connectivity index (χ2v) is 4.11. The molecule has 2 heterocycles. The van der Waals surface area contributed by atoms with E-state index >= 15 is 0 Å². The van der Waals surface area contributed by atoms with Crippen LogP contribution in [0.4, 0.5) is 0 Å². The average molecular weight is 214 g/mol. The van der Waals surface area contributed by atoms with Gasteiger partial charge in [0.2, 0.25) is 5.91 Å². The number of aromatic nitrogens is 1. The van der Waals surface area contributed by atoms with E-state index in [4.69, 9.17) is 6.42 Å². The van der Waals surface area contributed by atoms with Crippen molar-refractivity contribution in [3.8, 4) is 12.3 Å². The minimum absolute atomic E-state index is 0.0662. The van der Waals surface area contributed by atoms with E-state index in [0.29, 0.717) is 19.5 Å². The summed E-state index contributed by atoms with van der Waals surface area (Å²) in [5, 5.41) is 0. The first-order valence-electron chi connectivity index (χ1n) is 5.35. The lowest BCUT2D eigenvalue weighted by Gasteiger charge is -2.16. The van der Waals surface area contributed by atoms with Crippen LogP contribution in [0.5, 0.6) is 0 Å². The summed E-state index contributed by atoms with van der Waals surface area (Å²) in [5.74, 6) is 2.84. The molecule has 1 aromatic heterocycles. The van der Waals surface area contributed by atoms with Gasteiger partial charge in [0.25, 0.3) is 0 Å². The Bertz CT molecular complexity index is 447. The van der Waals surface area contributed by atoms with Crippen molar-refractivity contribution in [2.45, 2.75) is 19.9 Å². The van der Waals surface area contributed by atoms with Gasteiger partial charge < -0.3 is 4.90 Å². The van der Waals surface area contributed by atoms with Crippen LogP contribution in [0.2, 0.25) is 0 Å². The van der Waals surface area contributed by atoms with Crippen LogP contribution in [0.25, 0.3) is 0 Å². The van der Waals surface area contributed by atoms with Crippen molar-refractivity contribution in [2.75, 3.05) is 6.54 Å². The molecule has 1 unspecified atom stereocenters. The maximum absolute atomic E-state index is 11.7. The molecule has 1 saturated heterocycles. The second kappa shape index (κ2) is 4.36. The monoisotopic (exact) mass is 214 g/mol. The predicted octanol–water partition coefficient (Wildman–Crippen LogP) is 1.37.